The van der Waals surface area contributed by atoms with Crippen LogP contribution < -0.4 is 5.84 Å². The number of rotatable bonds is 2. The van der Waals surface area contributed by atoms with E-state index in [0.29, 0.717) is 0 Å². The highest BCUT2D eigenvalue weighted by atomic mass is 15.1. The van der Waals surface area contributed by atoms with E-state index in [1.165, 1.54) is 11.1 Å². The third kappa shape index (κ3) is 2.23. The molecule has 74 valence electrons. The van der Waals surface area contributed by atoms with E-state index >= 15 is 0 Å². The molecular weight excluding hydrogens is 184 g/mol. The average Bonchev–Trinajstić information content (AvgIpc) is 2.32. The fraction of sp³-hybridized carbons (Fsp3) is 0. The molecule has 0 aliphatic heterocycles. The Labute approximate surface area is 89.1 Å². The number of hydrazone groups is 1. The first kappa shape index (κ1) is 9.46. The molecule has 0 saturated heterocycles. The van der Waals surface area contributed by atoms with Crippen molar-refractivity contribution >= 4 is 6.21 Å². The Morgan fingerprint density at radius 3 is 2.00 bits per heavy atom. The lowest BCUT2D eigenvalue weighted by atomic mass is 10.0. The standard InChI is InChI=1S/C13H12N2/c14-15-10-11-6-8-13(9-7-11)12-4-2-1-3-5-12/h1-10H,14H2. The molecule has 0 aliphatic rings. The van der Waals surface area contributed by atoms with Crippen LogP contribution in [0.1, 0.15) is 5.56 Å². The number of nitrogens with zero attached hydrogens (tertiary/aromatic N) is 1. The SMILES string of the molecule is NN=Cc1ccc(-c2ccccc2)cc1. The first-order chi connectivity index (χ1) is 7.40. The van der Waals surface area contributed by atoms with E-state index in [2.05, 4.69) is 29.4 Å². The Kier molecular flexibility index (Phi) is 2.79. The van der Waals surface area contributed by atoms with Crippen LogP contribution in [0.5, 0.6) is 0 Å². The summed E-state index contributed by atoms with van der Waals surface area (Å²) in [4.78, 5) is 0. The van der Waals surface area contributed by atoms with Gasteiger partial charge in [0.25, 0.3) is 0 Å². The summed E-state index contributed by atoms with van der Waals surface area (Å²) >= 11 is 0. The zero-order chi connectivity index (χ0) is 10.5. The van der Waals surface area contributed by atoms with Gasteiger partial charge in [-0.15, -0.1) is 0 Å². The first-order valence-electron chi connectivity index (χ1n) is 4.79. The van der Waals surface area contributed by atoms with Crippen LogP contribution in [0.15, 0.2) is 59.7 Å². The van der Waals surface area contributed by atoms with Crippen molar-refractivity contribution in [1.82, 2.24) is 0 Å². The first-order valence-corrected chi connectivity index (χ1v) is 4.79. The lowest BCUT2D eigenvalue weighted by Crippen LogP contribution is -1.86. The van der Waals surface area contributed by atoms with Gasteiger partial charge in [-0.3, -0.25) is 0 Å². The second kappa shape index (κ2) is 4.42. The van der Waals surface area contributed by atoms with Crippen molar-refractivity contribution in [2.45, 2.75) is 0 Å². The van der Waals surface area contributed by atoms with E-state index in [4.69, 9.17) is 5.84 Å². The fourth-order valence-corrected chi connectivity index (χ4v) is 1.48. The lowest BCUT2D eigenvalue weighted by Gasteiger charge is -2.01. The molecule has 2 aromatic rings. The smallest absolute Gasteiger partial charge is 0.0538 e. The highest BCUT2D eigenvalue weighted by Gasteiger charge is 1.95. The van der Waals surface area contributed by atoms with Crippen molar-refractivity contribution in [3.05, 3.63) is 60.2 Å². The molecule has 0 heterocycles. The monoisotopic (exact) mass is 196 g/mol. The Hall–Kier alpha value is -2.09. The van der Waals surface area contributed by atoms with E-state index < -0.39 is 0 Å². The van der Waals surface area contributed by atoms with Gasteiger partial charge in [0, 0.05) is 0 Å². The second-order valence-corrected chi connectivity index (χ2v) is 3.27. The Bertz CT molecular complexity index is 444. The van der Waals surface area contributed by atoms with E-state index in [1.807, 2.05) is 30.3 Å². The van der Waals surface area contributed by atoms with Crippen LogP contribution in [-0.4, -0.2) is 6.21 Å². The van der Waals surface area contributed by atoms with Gasteiger partial charge < -0.3 is 5.84 Å². The Balaban J connectivity index is 2.32. The van der Waals surface area contributed by atoms with Gasteiger partial charge >= 0.3 is 0 Å². The number of benzene rings is 2. The third-order valence-corrected chi connectivity index (χ3v) is 2.24. The third-order valence-electron chi connectivity index (χ3n) is 2.24. The molecule has 2 aromatic carbocycles. The molecule has 0 fully saturated rings. The molecule has 0 aliphatic carbocycles. The Morgan fingerprint density at radius 1 is 0.800 bits per heavy atom. The molecule has 0 spiro atoms. The van der Waals surface area contributed by atoms with Crippen LogP contribution in [0.4, 0.5) is 0 Å². The highest BCUT2D eigenvalue weighted by molar-refractivity contribution is 5.80. The van der Waals surface area contributed by atoms with Crippen LogP contribution >= 0.6 is 0 Å². The van der Waals surface area contributed by atoms with E-state index in [1.54, 1.807) is 6.21 Å². The van der Waals surface area contributed by atoms with Crippen LogP contribution in [-0.2, 0) is 0 Å². The van der Waals surface area contributed by atoms with Gasteiger partial charge in [0.1, 0.15) is 0 Å². The van der Waals surface area contributed by atoms with Crippen molar-refractivity contribution in [3.8, 4) is 11.1 Å². The van der Waals surface area contributed by atoms with Crippen molar-refractivity contribution in [2.75, 3.05) is 0 Å². The van der Waals surface area contributed by atoms with Gasteiger partial charge in [-0.1, -0.05) is 54.6 Å². The molecule has 0 aromatic heterocycles. The summed E-state index contributed by atoms with van der Waals surface area (Å²) in [6, 6.07) is 18.4. The summed E-state index contributed by atoms with van der Waals surface area (Å²) in [7, 11) is 0. The van der Waals surface area contributed by atoms with E-state index in [0.717, 1.165) is 5.56 Å². The Morgan fingerprint density at radius 2 is 1.40 bits per heavy atom. The largest absolute Gasteiger partial charge is 0.323 e. The molecule has 0 radical (unpaired) electrons. The van der Waals surface area contributed by atoms with Crippen LogP contribution in [0.2, 0.25) is 0 Å². The summed E-state index contributed by atoms with van der Waals surface area (Å²) < 4.78 is 0. The minimum absolute atomic E-state index is 1.01. The topological polar surface area (TPSA) is 38.4 Å². The minimum Gasteiger partial charge on any atom is -0.323 e. The minimum atomic E-state index is 1.01. The number of hydrogen-bond acceptors (Lipinski definition) is 2. The molecule has 2 N–H and O–H groups in total. The summed E-state index contributed by atoms with van der Waals surface area (Å²) in [5.74, 6) is 5.08. The molecule has 2 heteroatoms. The molecular formula is C13H12N2. The average molecular weight is 196 g/mol. The van der Waals surface area contributed by atoms with Gasteiger partial charge in [-0.25, -0.2) is 0 Å². The summed E-state index contributed by atoms with van der Waals surface area (Å²) in [5.41, 5.74) is 3.43. The van der Waals surface area contributed by atoms with Gasteiger partial charge in [-0.2, -0.15) is 5.10 Å². The summed E-state index contributed by atoms with van der Waals surface area (Å²) in [6.45, 7) is 0. The number of hydrogen-bond donors (Lipinski definition) is 1. The zero-order valence-electron chi connectivity index (χ0n) is 8.30. The van der Waals surface area contributed by atoms with Crippen molar-refractivity contribution in [2.24, 2.45) is 10.9 Å². The maximum absolute atomic E-state index is 5.08. The predicted octanol–water partition coefficient (Wildman–Crippen LogP) is 2.65. The van der Waals surface area contributed by atoms with E-state index in [-0.39, 0.29) is 0 Å². The van der Waals surface area contributed by atoms with E-state index in [9.17, 15) is 0 Å². The molecule has 0 atom stereocenters. The van der Waals surface area contributed by atoms with Crippen LogP contribution in [0.25, 0.3) is 11.1 Å². The maximum Gasteiger partial charge on any atom is 0.0538 e. The predicted molar refractivity (Wildman–Crippen MR) is 63.7 cm³/mol. The fourth-order valence-electron chi connectivity index (χ4n) is 1.48. The van der Waals surface area contributed by atoms with Crippen molar-refractivity contribution < 1.29 is 0 Å². The zero-order valence-corrected chi connectivity index (χ0v) is 8.30. The van der Waals surface area contributed by atoms with Gasteiger partial charge in [0.15, 0.2) is 0 Å². The summed E-state index contributed by atoms with van der Waals surface area (Å²) in [5, 5.41) is 3.48. The van der Waals surface area contributed by atoms with Crippen molar-refractivity contribution in [1.29, 1.82) is 0 Å². The van der Waals surface area contributed by atoms with Crippen LogP contribution in [0, 0.1) is 0 Å². The summed E-state index contributed by atoms with van der Waals surface area (Å²) in [6.07, 6.45) is 1.63. The molecule has 0 saturated carbocycles. The lowest BCUT2D eigenvalue weighted by molar-refractivity contribution is 1.26. The molecule has 0 unspecified atom stereocenters. The van der Waals surface area contributed by atoms with Crippen LogP contribution in [0.3, 0.4) is 0 Å². The second-order valence-electron chi connectivity index (χ2n) is 3.27. The molecule has 2 rings (SSSR count). The molecule has 0 bridgehead atoms. The van der Waals surface area contributed by atoms with Gasteiger partial charge in [0.05, 0.1) is 6.21 Å². The molecule has 15 heavy (non-hydrogen) atoms. The van der Waals surface area contributed by atoms with Gasteiger partial charge in [-0.05, 0) is 16.7 Å². The van der Waals surface area contributed by atoms with Gasteiger partial charge in [0.2, 0.25) is 0 Å². The maximum atomic E-state index is 5.08. The number of nitrogens with two attached hydrogens (primary N) is 1. The molecule has 2 nitrogen and oxygen atoms in total. The highest BCUT2D eigenvalue weighted by Crippen LogP contribution is 2.18. The normalized spacial score (nSPS) is 10.7. The molecule has 0 amide bonds. The van der Waals surface area contributed by atoms with Crippen molar-refractivity contribution in [3.63, 3.8) is 0 Å². The quantitative estimate of drug-likeness (QED) is 0.447.